The molecule has 19 heavy (non-hydrogen) atoms. The smallest absolute Gasteiger partial charge is 0.221 e. The zero-order valence-electron chi connectivity index (χ0n) is 11.8. The number of aryl methyl sites for hydroxylation is 3. The Morgan fingerprint density at radius 1 is 1.37 bits per heavy atom. The molecular formula is C12H20N6O. The molecule has 0 saturated carbocycles. The molecule has 2 heterocycles. The van der Waals surface area contributed by atoms with Crippen molar-refractivity contribution in [3.05, 3.63) is 11.5 Å². The van der Waals surface area contributed by atoms with Crippen molar-refractivity contribution in [2.24, 2.45) is 7.05 Å². The minimum atomic E-state index is 0.429. The molecule has 7 nitrogen and oxygen atoms in total. The Balaban J connectivity index is 2.62. The van der Waals surface area contributed by atoms with Crippen LogP contribution >= 0.6 is 0 Å². The van der Waals surface area contributed by atoms with Crippen molar-refractivity contribution >= 4 is 5.82 Å². The molecule has 0 amide bonds. The van der Waals surface area contributed by atoms with Gasteiger partial charge in [-0.2, -0.15) is 5.10 Å². The summed E-state index contributed by atoms with van der Waals surface area (Å²) in [7, 11) is 3.42. The number of nitrogen functional groups attached to an aromatic ring is 2. The first-order valence-corrected chi connectivity index (χ1v) is 6.21. The van der Waals surface area contributed by atoms with E-state index in [1.165, 1.54) is 4.68 Å². The van der Waals surface area contributed by atoms with Gasteiger partial charge in [0.1, 0.15) is 11.5 Å². The molecule has 0 unspecified atom stereocenters. The van der Waals surface area contributed by atoms with Crippen molar-refractivity contribution in [2.75, 3.05) is 18.7 Å². The number of ether oxygens (including phenoxy) is 1. The van der Waals surface area contributed by atoms with E-state index in [1.54, 1.807) is 11.8 Å². The van der Waals surface area contributed by atoms with Crippen molar-refractivity contribution in [3.63, 3.8) is 0 Å². The average molecular weight is 264 g/mol. The molecule has 0 aliphatic heterocycles. The number of methoxy groups -OCH3 is 1. The van der Waals surface area contributed by atoms with Gasteiger partial charge in [0.15, 0.2) is 5.82 Å². The average Bonchev–Trinajstić information content (AvgIpc) is 2.80. The summed E-state index contributed by atoms with van der Waals surface area (Å²) in [6, 6.07) is 0. The van der Waals surface area contributed by atoms with Crippen LogP contribution in [0.5, 0.6) is 5.88 Å². The number of imidazole rings is 1. The molecule has 0 fully saturated rings. The fourth-order valence-electron chi connectivity index (χ4n) is 2.22. The van der Waals surface area contributed by atoms with Gasteiger partial charge in [-0.3, -0.25) is 0 Å². The molecule has 0 aliphatic rings. The second kappa shape index (κ2) is 4.83. The summed E-state index contributed by atoms with van der Waals surface area (Å²) >= 11 is 0. The lowest BCUT2D eigenvalue weighted by Crippen LogP contribution is -2.15. The standard InChI is InChI=1S/C12H20N6O/c1-5-6-8-15-10(11(13)18(8)14)9-7(2)16-17(3)12(9)19-4/h5-6,13-14H2,1-4H3. The van der Waals surface area contributed by atoms with Crippen molar-refractivity contribution < 1.29 is 4.74 Å². The predicted octanol–water partition coefficient (Wildman–Crippen LogP) is 0.849. The van der Waals surface area contributed by atoms with Crippen molar-refractivity contribution in [2.45, 2.75) is 26.7 Å². The fourth-order valence-corrected chi connectivity index (χ4v) is 2.22. The maximum Gasteiger partial charge on any atom is 0.221 e. The zero-order chi connectivity index (χ0) is 14.2. The summed E-state index contributed by atoms with van der Waals surface area (Å²) in [6.07, 6.45) is 1.73. The molecule has 0 aliphatic carbocycles. The highest BCUT2D eigenvalue weighted by Gasteiger charge is 2.23. The minimum absolute atomic E-state index is 0.429. The summed E-state index contributed by atoms with van der Waals surface area (Å²) in [5.74, 6) is 7.76. The number of aromatic nitrogens is 4. The molecule has 0 aromatic carbocycles. The lowest BCUT2D eigenvalue weighted by atomic mass is 10.2. The third kappa shape index (κ3) is 2.00. The Bertz CT molecular complexity index is 598. The van der Waals surface area contributed by atoms with E-state index in [0.29, 0.717) is 17.4 Å². The molecule has 4 N–H and O–H groups in total. The van der Waals surface area contributed by atoms with Gasteiger partial charge in [-0.15, -0.1) is 0 Å². The molecule has 0 radical (unpaired) electrons. The molecule has 104 valence electrons. The van der Waals surface area contributed by atoms with E-state index in [0.717, 1.165) is 29.9 Å². The quantitative estimate of drug-likeness (QED) is 0.798. The number of hydrogen-bond acceptors (Lipinski definition) is 5. The van der Waals surface area contributed by atoms with E-state index in [4.69, 9.17) is 16.3 Å². The van der Waals surface area contributed by atoms with Gasteiger partial charge in [0, 0.05) is 13.5 Å². The molecular weight excluding hydrogens is 244 g/mol. The van der Waals surface area contributed by atoms with E-state index in [-0.39, 0.29) is 0 Å². The normalized spacial score (nSPS) is 10.9. The Kier molecular flexibility index (Phi) is 3.37. The fraction of sp³-hybridized carbons (Fsp3) is 0.500. The van der Waals surface area contributed by atoms with Crippen molar-refractivity contribution in [1.82, 2.24) is 19.4 Å². The van der Waals surface area contributed by atoms with Crippen LogP contribution < -0.4 is 16.3 Å². The Morgan fingerprint density at radius 2 is 2.05 bits per heavy atom. The van der Waals surface area contributed by atoms with Crippen LogP contribution in [0.1, 0.15) is 24.9 Å². The molecule has 0 saturated heterocycles. The van der Waals surface area contributed by atoms with Gasteiger partial charge in [0.25, 0.3) is 0 Å². The van der Waals surface area contributed by atoms with Crippen LogP contribution in [0, 0.1) is 6.92 Å². The van der Waals surface area contributed by atoms with E-state index in [1.807, 2.05) is 14.0 Å². The van der Waals surface area contributed by atoms with E-state index in [9.17, 15) is 0 Å². The summed E-state index contributed by atoms with van der Waals surface area (Å²) in [5.41, 5.74) is 8.29. The Morgan fingerprint density at radius 3 is 2.63 bits per heavy atom. The zero-order valence-corrected chi connectivity index (χ0v) is 11.8. The predicted molar refractivity (Wildman–Crippen MR) is 74.3 cm³/mol. The summed E-state index contributed by atoms with van der Waals surface area (Å²) in [4.78, 5) is 4.53. The first-order chi connectivity index (χ1) is 9.01. The molecule has 2 aromatic rings. The summed E-state index contributed by atoms with van der Waals surface area (Å²) in [6.45, 7) is 3.97. The molecule has 2 aromatic heterocycles. The van der Waals surface area contributed by atoms with Gasteiger partial charge >= 0.3 is 0 Å². The third-order valence-electron chi connectivity index (χ3n) is 3.09. The first kappa shape index (κ1) is 13.3. The lowest BCUT2D eigenvalue weighted by Gasteiger charge is -2.03. The maximum atomic E-state index is 6.05. The van der Waals surface area contributed by atoms with Crippen LogP contribution in [0.4, 0.5) is 5.82 Å². The number of hydrogen-bond donors (Lipinski definition) is 2. The summed E-state index contributed by atoms with van der Waals surface area (Å²) in [5, 5.41) is 4.33. The second-order valence-electron chi connectivity index (χ2n) is 4.48. The van der Waals surface area contributed by atoms with E-state index >= 15 is 0 Å². The van der Waals surface area contributed by atoms with Crippen LogP contribution in [-0.2, 0) is 13.5 Å². The van der Waals surface area contributed by atoms with E-state index < -0.39 is 0 Å². The molecule has 0 spiro atoms. The number of nitrogens with two attached hydrogens (primary N) is 2. The molecule has 2 rings (SSSR count). The monoisotopic (exact) mass is 264 g/mol. The highest BCUT2D eigenvalue weighted by Crippen LogP contribution is 2.35. The van der Waals surface area contributed by atoms with Gasteiger partial charge < -0.3 is 16.3 Å². The SMILES string of the molecule is CCCc1nc(-c2c(C)nn(C)c2OC)c(N)n1N. The third-order valence-corrected chi connectivity index (χ3v) is 3.09. The highest BCUT2D eigenvalue weighted by molar-refractivity contribution is 5.77. The largest absolute Gasteiger partial charge is 0.481 e. The highest BCUT2D eigenvalue weighted by atomic mass is 16.5. The van der Waals surface area contributed by atoms with Gasteiger partial charge in [0.2, 0.25) is 5.88 Å². The molecule has 0 bridgehead atoms. The van der Waals surface area contributed by atoms with Gasteiger partial charge in [0.05, 0.1) is 18.4 Å². The number of rotatable bonds is 4. The van der Waals surface area contributed by atoms with Crippen LogP contribution in [-0.4, -0.2) is 26.6 Å². The van der Waals surface area contributed by atoms with Gasteiger partial charge in [-0.1, -0.05) is 6.92 Å². The Labute approximate surface area is 112 Å². The molecule has 7 heteroatoms. The lowest BCUT2D eigenvalue weighted by molar-refractivity contribution is 0.374. The minimum Gasteiger partial charge on any atom is -0.481 e. The Hall–Kier alpha value is -2.18. The van der Waals surface area contributed by atoms with E-state index in [2.05, 4.69) is 17.0 Å². The summed E-state index contributed by atoms with van der Waals surface area (Å²) < 4.78 is 8.47. The molecule has 0 atom stereocenters. The van der Waals surface area contributed by atoms with Crippen LogP contribution in [0.3, 0.4) is 0 Å². The second-order valence-corrected chi connectivity index (χ2v) is 4.48. The topological polar surface area (TPSA) is 96.9 Å². The van der Waals surface area contributed by atoms with Crippen LogP contribution in [0.2, 0.25) is 0 Å². The number of nitrogens with zero attached hydrogens (tertiary/aromatic N) is 4. The maximum absolute atomic E-state index is 6.05. The van der Waals surface area contributed by atoms with Gasteiger partial charge in [-0.25, -0.2) is 14.3 Å². The van der Waals surface area contributed by atoms with Crippen molar-refractivity contribution in [3.8, 4) is 17.1 Å². The van der Waals surface area contributed by atoms with Crippen LogP contribution in [0.25, 0.3) is 11.3 Å². The number of anilines is 1. The van der Waals surface area contributed by atoms with Crippen LogP contribution in [0.15, 0.2) is 0 Å². The first-order valence-electron chi connectivity index (χ1n) is 6.21. The van der Waals surface area contributed by atoms with Crippen molar-refractivity contribution in [1.29, 1.82) is 0 Å². The van der Waals surface area contributed by atoms with Gasteiger partial charge in [-0.05, 0) is 13.3 Å².